The molecule has 1 aromatic carbocycles. The van der Waals surface area contributed by atoms with Crippen LogP contribution in [0.25, 0.3) is 0 Å². The Bertz CT molecular complexity index is 490. The summed E-state index contributed by atoms with van der Waals surface area (Å²) in [6.07, 6.45) is 0. The molecule has 2 amide bonds. The van der Waals surface area contributed by atoms with E-state index < -0.39 is 6.04 Å². The molecule has 2 rings (SSSR count). The van der Waals surface area contributed by atoms with Crippen LogP contribution in [0.3, 0.4) is 0 Å². The second-order valence-electron chi connectivity index (χ2n) is 4.33. The summed E-state index contributed by atoms with van der Waals surface area (Å²) in [6, 6.07) is 6.14. The molecule has 6 heteroatoms. The number of nitrogens with two attached hydrogens (primary N) is 1. The fourth-order valence-corrected chi connectivity index (χ4v) is 2.07. The number of nitrogen functional groups attached to an aromatic ring is 1. The SMILES string of the molecule is CNC(=O)C1COCCN1C(=O)c1cccc(N)c1. The molecular weight excluding hydrogens is 246 g/mol. The number of rotatable bonds is 2. The number of carbonyl (C=O) groups excluding carboxylic acids is 2. The molecule has 19 heavy (non-hydrogen) atoms. The Hall–Kier alpha value is -2.08. The van der Waals surface area contributed by atoms with E-state index in [-0.39, 0.29) is 18.4 Å². The van der Waals surface area contributed by atoms with Gasteiger partial charge in [0.25, 0.3) is 5.91 Å². The number of carbonyl (C=O) groups is 2. The van der Waals surface area contributed by atoms with Crippen LogP contribution in [-0.4, -0.2) is 49.6 Å². The van der Waals surface area contributed by atoms with Gasteiger partial charge in [-0.15, -0.1) is 0 Å². The molecule has 1 aliphatic heterocycles. The largest absolute Gasteiger partial charge is 0.399 e. The summed E-state index contributed by atoms with van der Waals surface area (Å²) in [5, 5.41) is 2.54. The maximum Gasteiger partial charge on any atom is 0.254 e. The van der Waals surface area contributed by atoms with Gasteiger partial charge in [-0.2, -0.15) is 0 Å². The Morgan fingerprint density at radius 2 is 2.26 bits per heavy atom. The van der Waals surface area contributed by atoms with E-state index in [0.29, 0.717) is 24.4 Å². The molecular formula is C13H17N3O3. The fraction of sp³-hybridized carbons (Fsp3) is 0.385. The summed E-state index contributed by atoms with van der Waals surface area (Å²) < 4.78 is 5.27. The highest BCUT2D eigenvalue weighted by Gasteiger charge is 2.32. The molecule has 1 aliphatic rings. The van der Waals surface area contributed by atoms with Gasteiger partial charge in [-0.25, -0.2) is 0 Å². The summed E-state index contributed by atoms with van der Waals surface area (Å²) in [7, 11) is 1.54. The van der Waals surface area contributed by atoms with E-state index in [1.165, 1.54) is 4.90 Å². The number of hydrogen-bond acceptors (Lipinski definition) is 4. The number of benzene rings is 1. The van der Waals surface area contributed by atoms with Crippen LogP contribution in [-0.2, 0) is 9.53 Å². The Balaban J connectivity index is 2.22. The first-order chi connectivity index (χ1) is 9.13. The number of hydrogen-bond donors (Lipinski definition) is 2. The maximum atomic E-state index is 12.4. The van der Waals surface area contributed by atoms with E-state index in [0.717, 1.165) is 0 Å². The Kier molecular flexibility index (Phi) is 4.01. The molecule has 1 atom stereocenters. The smallest absolute Gasteiger partial charge is 0.254 e. The van der Waals surface area contributed by atoms with Gasteiger partial charge in [0.15, 0.2) is 0 Å². The molecule has 6 nitrogen and oxygen atoms in total. The molecule has 1 fully saturated rings. The quantitative estimate of drug-likeness (QED) is 0.727. The van der Waals surface area contributed by atoms with Crippen LogP contribution in [0.5, 0.6) is 0 Å². The molecule has 3 N–H and O–H groups in total. The second kappa shape index (κ2) is 5.71. The standard InChI is InChI=1S/C13H17N3O3/c1-15-12(17)11-8-19-6-5-16(11)13(18)9-3-2-4-10(14)7-9/h2-4,7,11H,5-6,8,14H2,1H3,(H,15,17). The monoisotopic (exact) mass is 263 g/mol. The Labute approximate surface area is 111 Å². The first-order valence-corrected chi connectivity index (χ1v) is 6.09. The highest BCUT2D eigenvalue weighted by atomic mass is 16.5. The van der Waals surface area contributed by atoms with Crippen molar-refractivity contribution < 1.29 is 14.3 Å². The van der Waals surface area contributed by atoms with E-state index in [1.54, 1.807) is 31.3 Å². The number of ether oxygens (including phenoxy) is 1. The van der Waals surface area contributed by atoms with Crippen molar-refractivity contribution >= 4 is 17.5 Å². The first kappa shape index (κ1) is 13.4. The lowest BCUT2D eigenvalue weighted by Crippen LogP contribution is -2.55. The van der Waals surface area contributed by atoms with Gasteiger partial charge in [0.1, 0.15) is 6.04 Å². The lowest BCUT2D eigenvalue weighted by Gasteiger charge is -2.34. The van der Waals surface area contributed by atoms with Crippen molar-refractivity contribution in [1.29, 1.82) is 0 Å². The zero-order valence-corrected chi connectivity index (χ0v) is 10.8. The zero-order chi connectivity index (χ0) is 13.8. The highest BCUT2D eigenvalue weighted by Crippen LogP contribution is 2.14. The first-order valence-electron chi connectivity index (χ1n) is 6.09. The van der Waals surface area contributed by atoms with Crippen molar-refractivity contribution in [2.45, 2.75) is 6.04 Å². The van der Waals surface area contributed by atoms with Gasteiger partial charge in [0.05, 0.1) is 13.2 Å². The predicted molar refractivity (Wildman–Crippen MR) is 70.6 cm³/mol. The third kappa shape index (κ3) is 2.85. The molecule has 102 valence electrons. The zero-order valence-electron chi connectivity index (χ0n) is 10.8. The molecule has 0 radical (unpaired) electrons. The summed E-state index contributed by atoms with van der Waals surface area (Å²) in [4.78, 5) is 25.7. The molecule has 0 spiro atoms. The third-order valence-electron chi connectivity index (χ3n) is 3.07. The molecule has 1 unspecified atom stereocenters. The van der Waals surface area contributed by atoms with Gasteiger partial charge in [-0.05, 0) is 18.2 Å². The topological polar surface area (TPSA) is 84.7 Å². The van der Waals surface area contributed by atoms with Crippen LogP contribution in [0, 0.1) is 0 Å². The van der Waals surface area contributed by atoms with E-state index in [2.05, 4.69) is 5.32 Å². The molecule has 1 heterocycles. The van der Waals surface area contributed by atoms with Gasteiger partial charge in [-0.3, -0.25) is 9.59 Å². The van der Waals surface area contributed by atoms with E-state index in [4.69, 9.17) is 10.5 Å². The Morgan fingerprint density at radius 1 is 1.47 bits per heavy atom. The normalized spacial score (nSPS) is 19.0. The third-order valence-corrected chi connectivity index (χ3v) is 3.07. The summed E-state index contributed by atoms with van der Waals surface area (Å²) in [6.45, 7) is 1.04. The van der Waals surface area contributed by atoms with Crippen LogP contribution in [0.2, 0.25) is 0 Å². The molecule has 0 aliphatic carbocycles. The van der Waals surface area contributed by atoms with Gasteiger partial charge in [0.2, 0.25) is 5.91 Å². The number of nitrogens with zero attached hydrogens (tertiary/aromatic N) is 1. The van der Waals surface area contributed by atoms with Gasteiger partial charge < -0.3 is 20.7 Å². The fourth-order valence-electron chi connectivity index (χ4n) is 2.07. The number of anilines is 1. The van der Waals surface area contributed by atoms with Crippen LogP contribution in [0.15, 0.2) is 24.3 Å². The molecule has 0 bridgehead atoms. The molecule has 1 saturated heterocycles. The van der Waals surface area contributed by atoms with Crippen LogP contribution in [0.4, 0.5) is 5.69 Å². The van der Waals surface area contributed by atoms with Crippen LogP contribution in [0.1, 0.15) is 10.4 Å². The van der Waals surface area contributed by atoms with Crippen molar-refractivity contribution in [2.24, 2.45) is 0 Å². The minimum atomic E-state index is -0.590. The van der Waals surface area contributed by atoms with Crippen LogP contribution < -0.4 is 11.1 Å². The minimum Gasteiger partial charge on any atom is -0.399 e. The summed E-state index contributed by atoms with van der Waals surface area (Å²) >= 11 is 0. The minimum absolute atomic E-state index is 0.204. The average molecular weight is 263 g/mol. The second-order valence-corrected chi connectivity index (χ2v) is 4.33. The number of amides is 2. The number of nitrogens with one attached hydrogen (secondary N) is 1. The predicted octanol–water partition coefficient (Wildman–Crippen LogP) is -0.144. The summed E-state index contributed by atoms with van der Waals surface area (Å²) in [5.74, 6) is -0.429. The number of likely N-dealkylation sites (N-methyl/N-ethyl adjacent to an activating group) is 1. The highest BCUT2D eigenvalue weighted by molar-refractivity contribution is 5.98. The van der Waals surface area contributed by atoms with Gasteiger partial charge >= 0.3 is 0 Å². The Morgan fingerprint density at radius 3 is 2.95 bits per heavy atom. The van der Waals surface area contributed by atoms with Gasteiger partial charge in [0, 0.05) is 24.8 Å². The van der Waals surface area contributed by atoms with Crippen molar-refractivity contribution in [3.05, 3.63) is 29.8 Å². The van der Waals surface area contributed by atoms with Crippen molar-refractivity contribution in [2.75, 3.05) is 32.5 Å². The molecule has 0 saturated carbocycles. The number of morpholine rings is 1. The molecule has 1 aromatic rings. The van der Waals surface area contributed by atoms with Crippen molar-refractivity contribution in [3.8, 4) is 0 Å². The van der Waals surface area contributed by atoms with Crippen molar-refractivity contribution in [1.82, 2.24) is 10.2 Å². The molecule has 0 aromatic heterocycles. The lowest BCUT2D eigenvalue weighted by atomic mass is 10.1. The maximum absolute atomic E-state index is 12.4. The average Bonchev–Trinajstić information content (AvgIpc) is 2.45. The van der Waals surface area contributed by atoms with E-state index >= 15 is 0 Å². The van der Waals surface area contributed by atoms with Gasteiger partial charge in [-0.1, -0.05) is 6.07 Å². The summed E-state index contributed by atoms with van der Waals surface area (Å²) in [5.41, 5.74) is 6.68. The van der Waals surface area contributed by atoms with E-state index in [1.807, 2.05) is 0 Å². The lowest BCUT2D eigenvalue weighted by molar-refractivity contribution is -0.130. The van der Waals surface area contributed by atoms with Crippen molar-refractivity contribution in [3.63, 3.8) is 0 Å². The van der Waals surface area contributed by atoms with E-state index in [9.17, 15) is 9.59 Å². The van der Waals surface area contributed by atoms with Crippen LogP contribution >= 0.6 is 0 Å².